The molecule has 0 bridgehead atoms. The second-order valence-electron chi connectivity index (χ2n) is 4.05. The molecule has 0 saturated heterocycles. The molecule has 0 fully saturated rings. The van der Waals surface area contributed by atoms with E-state index in [0.717, 1.165) is 0 Å². The molecule has 6 nitrogen and oxygen atoms in total. The molecule has 1 rings (SSSR count). The zero-order valence-corrected chi connectivity index (χ0v) is 12.8. The predicted octanol–water partition coefficient (Wildman–Crippen LogP) is 1.98. The van der Waals surface area contributed by atoms with Gasteiger partial charge in [0.25, 0.3) is 5.91 Å². The number of amides is 1. The van der Waals surface area contributed by atoms with Crippen LogP contribution in [0, 0.1) is 0 Å². The van der Waals surface area contributed by atoms with Crippen molar-refractivity contribution in [3.63, 3.8) is 0 Å². The molecule has 1 aromatic carbocycles. The molecule has 0 aromatic heterocycles. The van der Waals surface area contributed by atoms with Gasteiger partial charge in [-0.05, 0) is 19.1 Å². The summed E-state index contributed by atoms with van der Waals surface area (Å²) in [5.74, 6) is -1.12. The van der Waals surface area contributed by atoms with Gasteiger partial charge in [-0.15, -0.1) is 0 Å². The van der Waals surface area contributed by atoms with Gasteiger partial charge in [0, 0.05) is 6.54 Å². The number of hydrogen-bond acceptors (Lipinski definition) is 4. The molecule has 1 aromatic rings. The number of halogens is 2. The molecule has 8 heteroatoms. The van der Waals surface area contributed by atoms with E-state index < -0.39 is 18.7 Å². The fourth-order valence-corrected chi connectivity index (χ4v) is 1.71. The first-order valence-electron chi connectivity index (χ1n) is 6.09. The van der Waals surface area contributed by atoms with E-state index in [0.29, 0.717) is 10.8 Å². The summed E-state index contributed by atoms with van der Waals surface area (Å²) < 4.78 is 10.2. The first-order valence-corrected chi connectivity index (χ1v) is 6.85. The Labute approximate surface area is 131 Å². The average Bonchev–Trinajstić information content (AvgIpc) is 2.42. The Kier molecular flexibility index (Phi) is 7.28. The van der Waals surface area contributed by atoms with Crippen molar-refractivity contribution in [2.45, 2.75) is 13.0 Å². The van der Waals surface area contributed by atoms with Crippen LogP contribution in [0.2, 0.25) is 10.0 Å². The van der Waals surface area contributed by atoms with Gasteiger partial charge in [-0.2, -0.15) is 0 Å². The van der Waals surface area contributed by atoms with Gasteiger partial charge >= 0.3 is 5.97 Å². The Morgan fingerprint density at radius 2 is 2.10 bits per heavy atom. The van der Waals surface area contributed by atoms with E-state index in [1.54, 1.807) is 25.1 Å². The fourth-order valence-electron chi connectivity index (χ4n) is 1.37. The SMILES string of the molecule is CC(Oc1cccc(Cl)c1Cl)C(=O)NCCOCC(=O)O. The third-order valence-electron chi connectivity index (χ3n) is 2.36. The van der Waals surface area contributed by atoms with Crippen molar-refractivity contribution in [2.24, 2.45) is 0 Å². The monoisotopic (exact) mass is 335 g/mol. The van der Waals surface area contributed by atoms with Gasteiger partial charge in [-0.1, -0.05) is 29.3 Å². The van der Waals surface area contributed by atoms with Crippen molar-refractivity contribution in [3.8, 4) is 5.75 Å². The smallest absolute Gasteiger partial charge is 0.329 e. The molecule has 0 radical (unpaired) electrons. The van der Waals surface area contributed by atoms with Gasteiger partial charge in [0.05, 0.1) is 11.6 Å². The second-order valence-corrected chi connectivity index (χ2v) is 4.83. The van der Waals surface area contributed by atoms with Crippen LogP contribution in [0.25, 0.3) is 0 Å². The lowest BCUT2D eigenvalue weighted by Gasteiger charge is -2.16. The molecular formula is C13H15Cl2NO5. The van der Waals surface area contributed by atoms with Crippen molar-refractivity contribution in [2.75, 3.05) is 19.8 Å². The van der Waals surface area contributed by atoms with Crippen molar-refractivity contribution >= 4 is 35.1 Å². The third kappa shape index (κ3) is 6.20. The van der Waals surface area contributed by atoms with Gasteiger partial charge in [0.15, 0.2) is 6.10 Å². The lowest BCUT2D eigenvalue weighted by atomic mass is 10.3. The third-order valence-corrected chi connectivity index (χ3v) is 3.16. The minimum Gasteiger partial charge on any atom is -0.480 e. The van der Waals surface area contributed by atoms with Gasteiger partial charge in [-0.3, -0.25) is 4.79 Å². The molecule has 0 spiro atoms. The highest BCUT2D eigenvalue weighted by Crippen LogP contribution is 2.31. The molecule has 0 aliphatic rings. The average molecular weight is 336 g/mol. The van der Waals surface area contributed by atoms with Crippen LogP contribution in [0.1, 0.15) is 6.92 Å². The maximum Gasteiger partial charge on any atom is 0.329 e. The second kappa shape index (κ2) is 8.71. The molecule has 1 amide bonds. The predicted molar refractivity (Wildman–Crippen MR) is 78.0 cm³/mol. The van der Waals surface area contributed by atoms with E-state index >= 15 is 0 Å². The summed E-state index contributed by atoms with van der Waals surface area (Å²) in [5, 5.41) is 11.5. The zero-order valence-electron chi connectivity index (χ0n) is 11.3. The highest BCUT2D eigenvalue weighted by molar-refractivity contribution is 6.42. The van der Waals surface area contributed by atoms with Crippen LogP contribution < -0.4 is 10.1 Å². The first kappa shape index (κ1) is 17.6. The van der Waals surface area contributed by atoms with Gasteiger partial charge < -0.3 is 19.9 Å². The molecule has 1 unspecified atom stereocenters. The molecule has 0 heterocycles. The standard InChI is InChI=1S/C13H15Cl2NO5/c1-8(13(19)16-5-6-20-7-11(17)18)21-10-4-2-3-9(14)12(10)15/h2-4,8H,5-7H2,1H3,(H,16,19)(H,17,18). The van der Waals surface area contributed by atoms with Crippen LogP contribution in [0.3, 0.4) is 0 Å². The maximum atomic E-state index is 11.8. The Hall–Kier alpha value is -1.50. The fraction of sp³-hybridized carbons (Fsp3) is 0.385. The van der Waals surface area contributed by atoms with Gasteiger partial charge in [-0.25, -0.2) is 4.79 Å². The highest BCUT2D eigenvalue weighted by Gasteiger charge is 2.16. The normalized spacial score (nSPS) is 11.8. The van der Waals surface area contributed by atoms with Crippen LogP contribution in [0.15, 0.2) is 18.2 Å². The highest BCUT2D eigenvalue weighted by atomic mass is 35.5. The van der Waals surface area contributed by atoms with E-state index in [4.69, 9.17) is 37.8 Å². The van der Waals surface area contributed by atoms with Crippen LogP contribution in [0.5, 0.6) is 5.75 Å². The van der Waals surface area contributed by atoms with Crippen LogP contribution in [-0.2, 0) is 14.3 Å². The number of rotatable bonds is 8. The Balaban J connectivity index is 2.37. The van der Waals surface area contributed by atoms with Crippen LogP contribution in [-0.4, -0.2) is 42.8 Å². The van der Waals surface area contributed by atoms with Crippen LogP contribution >= 0.6 is 23.2 Å². The number of nitrogens with one attached hydrogen (secondary N) is 1. The first-order chi connectivity index (χ1) is 9.91. The van der Waals surface area contributed by atoms with Crippen molar-refractivity contribution in [3.05, 3.63) is 28.2 Å². The van der Waals surface area contributed by atoms with Crippen molar-refractivity contribution < 1.29 is 24.2 Å². The Bertz CT molecular complexity index is 509. The summed E-state index contributed by atoms with van der Waals surface area (Å²) in [5.41, 5.74) is 0. The minimum atomic E-state index is -1.06. The molecule has 0 aliphatic heterocycles. The number of ether oxygens (including phenoxy) is 2. The summed E-state index contributed by atoms with van der Waals surface area (Å²) in [4.78, 5) is 22.0. The van der Waals surface area contributed by atoms with E-state index in [-0.39, 0.29) is 24.1 Å². The number of aliphatic carboxylic acids is 1. The lowest BCUT2D eigenvalue weighted by Crippen LogP contribution is -2.38. The lowest BCUT2D eigenvalue weighted by molar-refractivity contribution is -0.142. The van der Waals surface area contributed by atoms with E-state index in [1.807, 2.05) is 0 Å². The van der Waals surface area contributed by atoms with Gasteiger partial charge in [0.2, 0.25) is 0 Å². The number of carboxylic acids is 1. The maximum absolute atomic E-state index is 11.8. The summed E-state index contributed by atoms with van der Waals surface area (Å²) >= 11 is 11.8. The summed E-state index contributed by atoms with van der Waals surface area (Å²) in [6.45, 7) is 1.44. The molecule has 0 saturated carbocycles. The quantitative estimate of drug-likeness (QED) is 0.709. The van der Waals surface area contributed by atoms with E-state index in [1.165, 1.54) is 0 Å². The number of benzene rings is 1. The zero-order chi connectivity index (χ0) is 15.8. The molecule has 2 N–H and O–H groups in total. The number of hydrogen-bond donors (Lipinski definition) is 2. The largest absolute Gasteiger partial charge is 0.480 e. The molecule has 21 heavy (non-hydrogen) atoms. The minimum absolute atomic E-state index is 0.0999. The van der Waals surface area contributed by atoms with Crippen LogP contribution in [0.4, 0.5) is 0 Å². The van der Waals surface area contributed by atoms with E-state index in [2.05, 4.69) is 5.32 Å². The molecule has 116 valence electrons. The van der Waals surface area contributed by atoms with Crippen molar-refractivity contribution in [1.29, 1.82) is 0 Å². The summed E-state index contributed by atoms with van der Waals surface area (Å²) in [7, 11) is 0. The summed E-state index contributed by atoms with van der Waals surface area (Å²) in [6, 6.07) is 4.88. The number of carboxylic acid groups (broad SMARTS) is 1. The summed E-state index contributed by atoms with van der Waals surface area (Å²) in [6.07, 6.45) is -0.777. The Morgan fingerprint density at radius 3 is 2.76 bits per heavy atom. The number of carbonyl (C=O) groups is 2. The van der Waals surface area contributed by atoms with E-state index in [9.17, 15) is 9.59 Å². The topological polar surface area (TPSA) is 84.9 Å². The number of carbonyl (C=O) groups excluding carboxylic acids is 1. The molecule has 0 aliphatic carbocycles. The van der Waals surface area contributed by atoms with Crippen molar-refractivity contribution in [1.82, 2.24) is 5.32 Å². The van der Waals surface area contributed by atoms with Gasteiger partial charge in [0.1, 0.15) is 17.4 Å². The molecular weight excluding hydrogens is 321 g/mol. The Morgan fingerprint density at radius 1 is 1.38 bits per heavy atom. The molecule has 1 atom stereocenters.